The smallest absolute Gasteiger partial charge is 0.387 e. The molecule has 0 radical (unpaired) electrons. The van der Waals surface area contributed by atoms with E-state index in [0.29, 0.717) is 27.0 Å². The minimum absolute atomic E-state index is 0.000403. The highest BCUT2D eigenvalue weighted by Crippen LogP contribution is 2.28. The fourth-order valence-corrected chi connectivity index (χ4v) is 3.14. The molecule has 0 atom stereocenters. The monoisotopic (exact) mass is 349 g/mol. The van der Waals surface area contributed by atoms with Crippen LogP contribution in [0.3, 0.4) is 0 Å². The molecule has 3 aromatic heterocycles. The topological polar surface area (TPSA) is 57.2 Å². The maximum absolute atomic E-state index is 12.4. The number of methoxy groups -OCH3 is 1. The molecule has 0 saturated heterocycles. The Balaban J connectivity index is 2.14. The zero-order valence-electron chi connectivity index (χ0n) is 12.2. The van der Waals surface area contributed by atoms with Gasteiger partial charge in [0.2, 0.25) is 11.2 Å². The first-order valence-corrected chi connectivity index (χ1v) is 7.24. The zero-order valence-corrected chi connectivity index (χ0v) is 13.0. The summed E-state index contributed by atoms with van der Waals surface area (Å²) in [6.45, 7) is -2.93. The van der Waals surface area contributed by atoms with Crippen LogP contribution in [0.25, 0.3) is 22.3 Å². The number of ether oxygens (including phenoxy) is 2. The summed E-state index contributed by atoms with van der Waals surface area (Å²) in [6, 6.07) is 5.76. The predicted molar refractivity (Wildman–Crippen MR) is 85.1 cm³/mol. The molecular weight excluding hydrogens is 340 g/mol. The molecule has 1 aromatic carbocycles. The molecule has 0 spiro atoms. The maximum Gasteiger partial charge on any atom is 0.387 e. The van der Waals surface area contributed by atoms with Gasteiger partial charge >= 0.3 is 6.61 Å². The zero-order chi connectivity index (χ0) is 17.0. The van der Waals surface area contributed by atoms with E-state index < -0.39 is 6.61 Å². The molecule has 3 heterocycles. The van der Waals surface area contributed by atoms with E-state index in [0.717, 1.165) is 0 Å². The third-order valence-corrected chi connectivity index (χ3v) is 4.09. The minimum atomic E-state index is -2.93. The predicted octanol–water partition coefficient (Wildman–Crippen LogP) is 2.88. The average molecular weight is 349 g/mol. The van der Waals surface area contributed by atoms with Crippen LogP contribution in [-0.4, -0.2) is 27.5 Å². The van der Waals surface area contributed by atoms with E-state index in [2.05, 4.69) is 9.72 Å². The van der Waals surface area contributed by atoms with Crippen LogP contribution in [0.2, 0.25) is 0 Å². The lowest BCUT2D eigenvalue weighted by atomic mass is 10.3. The summed E-state index contributed by atoms with van der Waals surface area (Å²) in [5, 5.41) is 0. The normalized spacial score (nSPS) is 11.8. The standard InChI is InChI=1S/C15H9F2N3O3S/c1-22-12-10(21)4-5-19-11(12)13(24)20-9-6-7(23-14(16)17)2-3-8(9)18-15(19)20/h2-6,14H,1H3. The van der Waals surface area contributed by atoms with Crippen molar-refractivity contribution in [2.75, 3.05) is 7.11 Å². The van der Waals surface area contributed by atoms with E-state index in [1.54, 1.807) is 21.1 Å². The average Bonchev–Trinajstić information content (AvgIpc) is 3.03. The van der Waals surface area contributed by atoms with E-state index >= 15 is 0 Å². The number of hydrogen-bond donors (Lipinski definition) is 0. The lowest BCUT2D eigenvalue weighted by molar-refractivity contribution is -0.0497. The van der Waals surface area contributed by atoms with Crippen LogP contribution in [0.5, 0.6) is 11.5 Å². The molecule has 0 bridgehead atoms. The Morgan fingerprint density at radius 2 is 2.08 bits per heavy atom. The fourth-order valence-electron chi connectivity index (χ4n) is 2.77. The molecule has 0 saturated carbocycles. The highest BCUT2D eigenvalue weighted by molar-refractivity contribution is 7.71. The molecule has 122 valence electrons. The number of fused-ring (bicyclic) bond motifs is 5. The first-order valence-electron chi connectivity index (χ1n) is 6.83. The summed E-state index contributed by atoms with van der Waals surface area (Å²) in [5.74, 6) is 0.569. The number of benzene rings is 1. The molecular formula is C15H9F2N3O3S. The number of alkyl halides is 2. The van der Waals surface area contributed by atoms with Gasteiger partial charge in [0.25, 0.3) is 0 Å². The van der Waals surface area contributed by atoms with Crippen LogP contribution in [0, 0.1) is 4.64 Å². The second-order valence-electron chi connectivity index (χ2n) is 5.01. The van der Waals surface area contributed by atoms with Gasteiger partial charge in [0.05, 0.1) is 18.1 Å². The molecule has 4 rings (SSSR count). The number of aromatic nitrogens is 3. The van der Waals surface area contributed by atoms with Gasteiger partial charge in [-0.3, -0.25) is 13.6 Å². The lowest BCUT2D eigenvalue weighted by Gasteiger charge is -2.03. The largest absolute Gasteiger partial charge is 0.491 e. The second-order valence-corrected chi connectivity index (χ2v) is 5.40. The Hall–Kier alpha value is -2.81. The van der Waals surface area contributed by atoms with Gasteiger partial charge < -0.3 is 9.47 Å². The molecule has 0 aliphatic rings. The molecule has 0 fully saturated rings. The number of halogens is 2. The Morgan fingerprint density at radius 3 is 2.79 bits per heavy atom. The van der Waals surface area contributed by atoms with Crippen LogP contribution in [0.4, 0.5) is 8.78 Å². The van der Waals surface area contributed by atoms with Gasteiger partial charge in [-0.15, -0.1) is 0 Å². The molecule has 4 aromatic rings. The third-order valence-electron chi connectivity index (χ3n) is 3.71. The van der Waals surface area contributed by atoms with Crippen molar-refractivity contribution in [2.24, 2.45) is 0 Å². The Kier molecular flexibility index (Phi) is 3.14. The van der Waals surface area contributed by atoms with E-state index in [1.807, 2.05) is 0 Å². The summed E-state index contributed by atoms with van der Waals surface area (Å²) >= 11 is 5.45. The SMILES string of the molecule is COc1c(=O)ccn2c1c(=S)n1c3cc(OC(F)F)ccc3nc21. The molecule has 0 unspecified atom stereocenters. The molecule has 0 aliphatic carbocycles. The van der Waals surface area contributed by atoms with Crippen molar-refractivity contribution >= 4 is 34.5 Å². The second kappa shape index (κ2) is 5.10. The summed E-state index contributed by atoms with van der Waals surface area (Å²) < 4.78 is 38.0. The summed E-state index contributed by atoms with van der Waals surface area (Å²) in [4.78, 5) is 16.4. The van der Waals surface area contributed by atoms with Gasteiger partial charge in [-0.25, -0.2) is 4.98 Å². The number of hydrogen-bond acceptors (Lipinski definition) is 5. The summed E-state index contributed by atoms with van der Waals surface area (Å²) in [5.41, 5.74) is 1.18. The molecule has 9 heteroatoms. The fraction of sp³-hybridized carbons (Fsp3) is 0.133. The molecule has 0 N–H and O–H groups in total. The maximum atomic E-state index is 12.4. The van der Waals surface area contributed by atoms with Crippen molar-refractivity contribution in [2.45, 2.75) is 6.61 Å². The van der Waals surface area contributed by atoms with Gasteiger partial charge in [0.15, 0.2) is 5.75 Å². The number of imidazole rings is 2. The van der Waals surface area contributed by atoms with Gasteiger partial charge in [-0.1, -0.05) is 12.2 Å². The number of nitrogens with zero attached hydrogens (tertiary/aromatic N) is 3. The first kappa shape index (κ1) is 14.8. The van der Waals surface area contributed by atoms with Crippen molar-refractivity contribution < 1.29 is 18.3 Å². The van der Waals surface area contributed by atoms with Gasteiger partial charge in [-0.2, -0.15) is 8.78 Å². The number of pyridine rings is 1. The quantitative estimate of drug-likeness (QED) is 0.532. The van der Waals surface area contributed by atoms with Crippen LogP contribution >= 0.6 is 12.2 Å². The van der Waals surface area contributed by atoms with Crippen molar-refractivity contribution in [1.82, 2.24) is 13.8 Å². The van der Waals surface area contributed by atoms with Crippen molar-refractivity contribution in [3.8, 4) is 11.5 Å². The Morgan fingerprint density at radius 1 is 1.29 bits per heavy atom. The van der Waals surface area contributed by atoms with E-state index in [4.69, 9.17) is 17.0 Å². The van der Waals surface area contributed by atoms with Crippen LogP contribution in [0.15, 0.2) is 35.3 Å². The van der Waals surface area contributed by atoms with Gasteiger partial charge in [0, 0.05) is 18.3 Å². The van der Waals surface area contributed by atoms with Crippen LogP contribution in [-0.2, 0) is 0 Å². The molecule has 6 nitrogen and oxygen atoms in total. The first-order chi connectivity index (χ1) is 11.5. The third kappa shape index (κ3) is 1.94. The molecule has 0 amide bonds. The lowest BCUT2D eigenvalue weighted by Crippen LogP contribution is -2.06. The van der Waals surface area contributed by atoms with E-state index in [-0.39, 0.29) is 16.9 Å². The van der Waals surface area contributed by atoms with Crippen molar-refractivity contribution in [1.29, 1.82) is 0 Å². The molecule has 24 heavy (non-hydrogen) atoms. The number of rotatable bonds is 3. The van der Waals surface area contributed by atoms with E-state index in [9.17, 15) is 13.6 Å². The summed E-state index contributed by atoms with van der Waals surface area (Å²) in [6.07, 6.45) is 1.55. The summed E-state index contributed by atoms with van der Waals surface area (Å²) in [7, 11) is 1.38. The Bertz CT molecular complexity index is 1200. The highest BCUT2D eigenvalue weighted by atomic mass is 32.1. The molecule has 0 aliphatic heterocycles. The van der Waals surface area contributed by atoms with Gasteiger partial charge in [-0.05, 0) is 12.1 Å². The van der Waals surface area contributed by atoms with Crippen LogP contribution < -0.4 is 14.9 Å². The van der Waals surface area contributed by atoms with E-state index in [1.165, 1.54) is 25.3 Å². The Labute approximate surface area is 137 Å². The van der Waals surface area contributed by atoms with Crippen molar-refractivity contribution in [3.63, 3.8) is 0 Å². The van der Waals surface area contributed by atoms with Crippen molar-refractivity contribution in [3.05, 3.63) is 45.3 Å². The minimum Gasteiger partial charge on any atom is -0.491 e. The van der Waals surface area contributed by atoms with Gasteiger partial charge in [0.1, 0.15) is 15.9 Å². The van der Waals surface area contributed by atoms with Crippen LogP contribution in [0.1, 0.15) is 0 Å². The highest BCUT2D eigenvalue weighted by Gasteiger charge is 2.18.